The number of anilines is 1. The van der Waals surface area contributed by atoms with Crippen LogP contribution in [0.15, 0.2) is 30.5 Å². The number of nitrogens with zero attached hydrogens (tertiary/aromatic N) is 2. The third-order valence-corrected chi connectivity index (χ3v) is 4.54. The van der Waals surface area contributed by atoms with Crippen molar-refractivity contribution in [1.29, 1.82) is 0 Å². The molecule has 0 bridgehead atoms. The van der Waals surface area contributed by atoms with E-state index in [9.17, 15) is 0 Å². The fourth-order valence-electron chi connectivity index (χ4n) is 3.35. The molecule has 21 heavy (non-hydrogen) atoms. The highest BCUT2D eigenvalue weighted by atomic mass is 16.5. The van der Waals surface area contributed by atoms with Crippen molar-refractivity contribution in [2.24, 2.45) is 11.1 Å². The summed E-state index contributed by atoms with van der Waals surface area (Å²) in [5.41, 5.74) is 8.48. The summed E-state index contributed by atoms with van der Waals surface area (Å²) >= 11 is 0. The highest BCUT2D eigenvalue weighted by Crippen LogP contribution is 2.39. The van der Waals surface area contributed by atoms with Gasteiger partial charge in [0.1, 0.15) is 5.75 Å². The monoisotopic (exact) mass is 285 g/mol. The summed E-state index contributed by atoms with van der Waals surface area (Å²) in [5.74, 6) is 0.876. The van der Waals surface area contributed by atoms with Crippen LogP contribution in [0.2, 0.25) is 0 Å². The van der Waals surface area contributed by atoms with E-state index in [0.29, 0.717) is 5.41 Å². The lowest BCUT2D eigenvalue weighted by Gasteiger charge is -2.51. The molecular formula is C17H23N3O. The molecule has 2 heterocycles. The molecule has 0 aliphatic carbocycles. The largest absolute Gasteiger partial charge is 0.496 e. The third kappa shape index (κ3) is 2.44. The molecule has 4 heteroatoms. The number of aromatic nitrogens is 1. The van der Waals surface area contributed by atoms with Gasteiger partial charge < -0.3 is 15.4 Å². The van der Waals surface area contributed by atoms with Crippen LogP contribution in [0.5, 0.6) is 5.75 Å². The quantitative estimate of drug-likeness (QED) is 0.918. The first-order chi connectivity index (χ1) is 10.2. The van der Waals surface area contributed by atoms with E-state index in [1.54, 1.807) is 13.3 Å². The highest BCUT2D eigenvalue weighted by molar-refractivity contribution is 5.88. The number of benzene rings is 1. The second-order valence-electron chi connectivity index (χ2n) is 6.02. The second-order valence-corrected chi connectivity index (χ2v) is 6.02. The molecule has 2 N–H and O–H groups in total. The Balaban J connectivity index is 1.86. The summed E-state index contributed by atoms with van der Waals surface area (Å²) in [6.07, 6.45) is 4.18. The van der Waals surface area contributed by atoms with Crippen molar-refractivity contribution in [2.45, 2.75) is 19.8 Å². The number of ether oxygens (including phenoxy) is 1. The van der Waals surface area contributed by atoms with Gasteiger partial charge in [-0.1, -0.05) is 13.3 Å². The third-order valence-electron chi connectivity index (χ3n) is 4.54. The van der Waals surface area contributed by atoms with Gasteiger partial charge in [-0.25, -0.2) is 0 Å². The van der Waals surface area contributed by atoms with E-state index in [4.69, 9.17) is 10.5 Å². The first-order valence-corrected chi connectivity index (χ1v) is 7.59. The maximum atomic E-state index is 5.97. The molecule has 112 valence electrons. The highest BCUT2D eigenvalue weighted by Gasteiger charge is 2.41. The number of hydrogen-bond donors (Lipinski definition) is 1. The lowest BCUT2D eigenvalue weighted by Crippen LogP contribution is -2.60. The molecule has 1 saturated heterocycles. The summed E-state index contributed by atoms with van der Waals surface area (Å²) in [4.78, 5) is 6.79. The van der Waals surface area contributed by atoms with Crippen molar-refractivity contribution in [1.82, 2.24) is 4.98 Å². The van der Waals surface area contributed by atoms with Crippen LogP contribution in [-0.2, 0) is 0 Å². The number of nitrogens with two attached hydrogens (primary N) is 1. The van der Waals surface area contributed by atoms with Crippen LogP contribution in [0, 0.1) is 5.41 Å². The molecule has 0 amide bonds. The van der Waals surface area contributed by atoms with Gasteiger partial charge in [-0.2, -0.15) is 0 Å². The molecule has 1 aliphatic rings. The number of rotatable bonds is 5. The maximum Gasteiger partial charge on any atom is 0.129 e. The van der Waals surface area contributed by atoms with Crippen molar-refractivity contribution in [2.75, 3.05) is 31.6 Å². The van der Waals surface area contributed by atoms with Gasteiger partial charge >= 0.3 is 0 Å². The molecule has 0 saturated carbocycles. The fourth-order valence-corrected chi connectivity index (χ4v) is 3.35. The minimum atomic E-state index is 0.308. The molecule has 0 atom stereocenters. The summed E-state index contributed by atoms with van der Waals surface area (Å²) < 4.78 is 5.44. The normalized spacial score (nSPS) is 16.8. The molecule has 4 nitrogen and oxygen atoms in total. The number of methoxy groups -OCH3 is 1. The van der Waals surface area contributed by atoms with Gasteiger partial charge in [0, 0.05) is 42.3 Å². The van der Waals surface area contributed by atoms with Gasteiger partial charge in [-0.05, 0) is 30.7 Å². The summed E-state index contributed by atoms with van der Waals surface area (Å²) in [5, 5.41) is 1.07. The SMILES string of the molecule is CCCC1(CN)CN(c2ccc3nccc(OC)c3c2)C1. The summed E-state index contributed by atoms with van der Waals surface area (Å²) in [6.45, 7) is 5.10. The number of hydrogen-bond acceptors (Lipinski definition) is 4. The molecule has 3 rings (SSSR count). The van der Waals surface area contributed by atoms with E-state index < -0.39 is 0 Å². The molecule has 1 aliphatic heterocycles. The molecule has 1 aromatic carbocycles. The standard InChI is InChI=1S/C17H23N3O/c1-3-7-17(10-18)11-20(12-17)13-4-5-15-14(9-13)16(21-2)6-8-19-15/h4-6,8-9H,3,7,10-12,18H2,1-2H3. The summed E-state index contributed by atoms with van der Waals surface area (Å²) in [6, 6.07) is 8.29. The zero-order chi connectivity index (χ0) is 14.9. The predicted molar refractivity (Wildman–Crippen MR) is 86.9 cm³/mol. The Hall–Kier alpha value is -1.81. The van der Waals surface area contributed by atoms with Crippen LogP contribution in [-0.4, -0.2) is 31.7 Å². The molecule has 2 aromatic rings. The molecule has 0 unspecified atom stereocenters. The van der Waals surface area contributed by atoms with Crippen molar-refractivity contribution >= 4 is 16.6 Å². The fraction of sp³-hybridized carbons (Fsp3) is 0.471. The van der Waals surface area contributed by atoms with Crippen LogP contribution in [0.1, 0.15) is 19.8 Å². The Morgan fingerprint density at radius 3 is 2.81 bits per heavy atom. The average Bonchev–Trinajstić information content (AvgIpc) is 2.49. The topological polar surface area (TPSA) is 51.4 Å². The van der Waals surface area contributed by atoms with Crippen molar-refractivity contribution in [3.63, 3.8) is 0 Å². The van der Waals surface area contributed by atoms with Gasteiger partial charge in [0.25, 0.3) is 0 Å². The molecule has 0 radical (unpaired) electrons. The van der Waals surface area contributed by atoms with Crippen LogP contribution in [0.3, 0.4) is 0 Å². The molecule has 1 fully saturated rings. The van der Waals surface area contributed by atoms with E-state index in [0.717, 1.165) is 36.3 Å². The Labute approximate surface area is 125 Å². The van der Waals surface area contributed by atoms with E-state index in [1.807, 2.05) is 6.07 Å². The van der Waals surface area contributed by atoms with Crippen LogP contribution in [0.4, 0.5) is 5.69 Å². The zero-order valence-corrected chi connectivity index (χ0v) is 12.8. The first kappa shape index (κ1) is 14.1. The summed E-state index contributed by atoms with van der Waals surface area (Å²) in [7, 11) is 1.70. The lowest BCUT2D eigenvalue weighted by atomic mass is 9.76. The average molecular weight is 285 g/mol. The van der Waals surface area contributed by atoms with Gasteiger partial charge in [0.05, 0.1) is 12.6 Å². The Kier molecular flexibility index (Phi) is 3.72. The van der Waals surface area contributed by atoms with E-state index >= 15 is 0 Å². The van der Waals surface area contributed by atoms with E-state index in [1.165, 1.54) is 18.5 Å². The number of fused-ring (bicyclic) bond motifs is 1. The second kappa shape index (κ2) is 5.53. The molecular weight excluding hydrogens is 262 g/mol. The van der Waals surface area contributed by atoms with Gasteiger partial charge in [-0.15, -0.1) is 0 Å². The smallest absolute Gasteiger partial charge is 0.129 e. The van der Waals surface area contributed by atoms with Crippen molar-refractivity contribution in [3.05, 3.63) is 30.5 Å². The minimum absolute atomic E-state index is 0.308. The van der Waals surface area contributed by atoms with E-state index in [2.05, 4.69) is 35.0 Å². The molecule has 0 spiro atoms. The van der Waals surface area contributed by atoms with Crippen molar-refractivity contribution in [3.8, 4) is 5.75 Å². The van der Waals surface area contributed by atoms with Crippen LogP contribution in [0.25, 0.3) is 10.9 Å². The first-order valence-electron chi connectivity index (χ1n) is 7.59. The number of pyridine rings is 1. The van der Waals surface area contributed by atoms with Crippen LogP contribution < -0.4 is 15.4 Å². The van der Waals surface area contributed by atoms with Gasteiger partial charge in [0.2, 0.25) is 0 Å². The maximum absolute atomic E-state index is 5.97. The lowest BCUT2D eigenvalue weighted by molar-refractivity contribution is 0.202. The van der Waals surface area contributed by atoms with E-state index in [-0.39, 0.29) is 0 Å². The van der Waals surface area contributed by atoms with Crippen LogP contribution >= 0.6 is 0 Å². The Morgan fingerprint density at radius 1 is 1.33 bits per heavy atom. The van der Waals surface area contributed by atoms with Crippen molar-refractivity contribution < 1.29 is 4.74 Å². The predicted octanol–water partition coefficient (Wildman–Crippen LogP) is 2.81. The Morgan fingerprint density at radius 2 is 2.14 bits per heavy atom. The zero-order valence-electron chi connectivity index (χ0n) is 12.8. The van der Waals surface area contributed by atoms with Gasteiger partial charge in [0.15, 0.2) is 0 Å². The van der Waals surface area contributed by atoms with Gasteiger partial charge in [-0.3, -0.25) is 4.98 Å². The minimum Gasteiger partial charge on any atom is -0.496 e. The molecule has 1 aromatic heterocycles. The Bertz CT molecular complexity index is 635.